The van der Waals surface area contributed by atoms with Crippen LogP contribution in [-0.2, 0) is 6.54 Å². The van der Waals surface area contributed by atoms with Crippen LogP contribution in [0.25, 0.3) is 6.08 Å². The molecular weight excluding hydrogens is 356 g/mol. The van der Waals surface area contributed by atoms with Crippen LogP contribution >= 0.6 is 0 Å². The van der Waals surface area contributed by atoms with E-state index in [1.807, 2.05) is 24.3 Å². The number of Topliss-reactive ketones (excluding diaryl/α,β-unsaturated/α-hetero) is 1. The highest BCUT2D eigenvalue weighted by Crippen LogP contribution is 2.39. The number of fused-ring (bicyclic) bond motifs is 1. The number of piperazine rings is 1. The van der Waals surface area contributed by atoms with Crippen molar-refractivity contribution in [3.8, 4) is 17.2 Å². The molecule has 2 aliphatic heterocycles. The molecule has 3 N–H and O–H groups in total. The first kappa shape index (κ1) is 18.5. The third-order valence-corrected chi connectivity index (χ3v) is 5.58. The Morgan fingerprint density at radius 3 is 2.64 bits per heavy atom. The van der Waals surface area contributed by atoms with Crippen LogP contribution in [0.2, 0.25) is 0 Å². The van der Waals surface area contributed by atoms with Crippen LogP contribution in [0.1, 0.15) is 21.5 Å². The van der Waals surface area contributed by atoms with Gasteiger partial charge in [0.1, 0.15) is 44.2 Å². The van der Waals surface area contributed by atoms with Gasteiger partial charge in [-0.2, -0.15) is 0 Å². The molecule has 146 valence electrons. The van der Waals surface area contributed by atoms with Crippen LogP contribution in [0.15, 0.2) is 42.2 Å². The number of methoxy groups -OCH3 is 1. The van der Waals surface area contributed by atoms with Gasteiger partial charge >= 0.3 is 0 Å². The lowest BCUT2D eigenvalue weighted by molar-refractivity contribution is -1.01. The van der Waals surface area contributed by atoms with Gasteiger partial charge in [-0.25, -0.2) is 0 Å². The molecule has 0 saturated carbocycles. The summed E-state index contributed by atoms with van der Waals surface area (Å²) in [5, 5.41) is 10.5. The Labute approximate surface area is 164 Å². The highest BCUT2D eigenvalue weighted by Gasteiger charge is 2.33. The maximum atomic E-state index is 12.9. The van der Waals surface area contributed by atoms with Crippen LogP contribution in [0, 0.1) is 0 Å². The molecule has 0 atom stereocenters. The standard InChI is InChI=1S/C22H24N2O4/c1-23-9-11-24(12-10-23)14-17-18(25)8-7-16-21(26)20(28-22(16)17)13-15-5-3-4-6-19(15)27-2/h3-8,13,25H,9-12,14H2,1-2H3/p+2/b20-13-. The van der Waals surface area contributed by atoms with Gasteiger partial charge in [0.05, 0.1) is 25.3 Å². The number of carbonyl (C=O) groups excluding carboxylic acids is 1. The molecule has 2 aromatic carbocycles. The maximum Gasteiger partial charge on any atom is 0.231 e. The number of phenolic OH excluding ortho intramolecular Hbond substituents is 1. The monoisotopic (exact) mass is 382 g/mol. The van der Waals surface area contributed by atoms with Gasteiger partial charge in [0, 0.05) is 5.56 Å². The molecule has 2 aliphatic rings. The highest BCUT2D eigenvalue weighted by atomic mass is 16.5. The van der Waals surface area contributed by atoms with Crippen LogP contribution < -0.4 is 19.3 Å². The summed E-state index contributed by atoms with van der Waals surface area (Å²) in [7, 11) is 3.80. The lowest BCUT2D eigenvalue weighted by Crippen LogP contribution is -3.26. The molecule has 4 rings (SSSR count). The number of nitrogens with one attached hydrogen (secondary N) is 2. The average Bonchev–Trinajstić information content (AvgIpc) is 3.02. The van der Waals surface area contributed by atoms with Crippen molar-refractivity contribution in [1.82, 2.24) is 0 Å². The molecule has 0 aromatic heterocycles. The minimum Gasteiger partial charge on any atom is -0.507 e. The number of allylic oxidation sites excluding steroid dienone is 1. The molecule has 0 bridgehead atoms. The van der Waals surface area contributed by atoms with E-state index in [1.165, 1.54) is 9.80 Å². The minimum atomic E-state index is -0.167. The van der Waals surface area contributed by atoms with Gasteiger partial charge < -0.3 is 24.4 Å². The lowest BCUT2D eigenvalue weighted by atomic mass is 10.0. The minimum absolute atomic E-state index is 0.167. The van der Waals surface area contributed by atoms with Crippen molar-refractivity contribution in [2.45, 2.75) is 6.54 Å². The van der Waals surface area contributed by atoms with Crippen molar-refractivity contribution in [1.29, 1.82) is 0 Å². The lowest BCUT2D eigenvalue weighted by Gasteiger charge is -2.27. The zero-order valence-electron chi connectivity index (χ0n) is 16.2. The van der Waals surface area contributed by atoms with E-state index in [2.05, 4.69) is 7.05 Å². The largest absolute Gasteiger partial charge is 0.507 e. The fraction of sp³-hybridized carbons (Fsp3) is 0.318. The second kappa shape index (κ2) is 7.66. The molecule has 0 aliphatic carbocycles. The van der Waals surface area contributed by atoms with Crippen molar-refractivity contribution in [2.24, 2.45) is 0 Å². The van der Waals surface area contributed by atoms with Crippen molar-refractivity contribution < 1.29 is 29.2 Å². The Kier molecular flexibility index (Phi) is 5.07. The van der Waals surface area contributed by atoms with Crippen LogP contribution in [0.4, 0.5) is 0 Å². The number of phenols is 1. The van der Waals surface area contributed by atoms with Gasteiger partial charge in [0.15, 0.2) is 11.5 Å². The molecule has 2 aromatic rings. The molecule has 28 heavy (non-hydrogen) atoms. The SMILES string of the molecule is COc1ccccc1/C=C1\Oc2c(ccc(O)c2C[NH+]2CC[NH+](C)CC2)C1=O. The second-order valence-electron chi connectivity index (χ2n) is 7.51. The van der Waals surface area contributed by atoms with E-state index in [1.54, 1.807) is 25.3 Å². The van der Waals surface area contributed by atoms with E-state index in [0.717, 1.165) is 31.7 Å². The Balaban J connectivity index is 1.64. The van der Waals surface area contributed by atoms with E-state index in [-0.39, 0.29) is 17.3 Å². The van der Waals surface area contributed by atoms with E-state index >= 15 is 0 Å². The molecule has 0 radical (unpaired) electrons. The van der Waals surface area contributed by atoms with Gasteiger partial charge in [-0.3, -0.25) is 4.79 Å². The molecule has 1 fully saturated rings. The van der Waals surface area contributed by atoms with Crippen molar-refractivity contribution in [3.05, 3.63) is 58.8 Å². The van der Waals surface area contributed by atoms with Gasteiger partial charge in [-0.15, -0.1) is 0 Å². The molecule has 0 amide bonds. The first-order valence-corrected chi connectivity index (χ1v) is 9.64. The Morgan fingerprint density at radius 1 is 1.14 bits per heavy atom. The number of ketones is 1. The van der Waals surface area contributed by atoms with Gasteiger partial charge in [-0.05, 0) is 24.3 Å². The fourth-order valence-corrected chi connectivity index (χ4v) is 3.85. The van der Waals surface area contributed by atoms with E-state index in [4.69, 9.17) is 9.47 Å². The maximum absolute atomic E-state index is 12.9. The summed E-state index contributed by atoms with van der Waals surface area (Å²) in [5.74, 6) is 1.44. The number of carbonyl (C=O) groups is 1. The number of hydrogen-bond donors (Lipinski definition) is 3. The molecule has 1 saturated heterocycles. The summed E-state index contributed by atoms with van der Waals surface area (Å²) in [6.45, 7) is 4.92. The number of ether oxygens (including phenoxy) is 2. The Hall–Kier alpha value is -2.83. The topological polar surface area (TPSA) is 64.6 Å². The van der Waals surface area contributed by atoms with Crippen LogP contribution in [0.5, 0.6) is 17.2 Å². The van der Waals surface area contributed by atoms with Crippen LogP contribution in [0.3, 0.4) is 0 Å². The van der Waals surface area contributed by atoms with Gasteiger partial charge in [-0.1, -0.05) is 18.2 Å². The first-order valence-electron chi connectivity index (χ1n) is 9.64. The van der Waals surface area contributed by atoms with Crippen LogP contribution in [-0.4, -0.2) is 51.2 Å². The number of para-hydroxylation sites is 1. The number of hydrogen-bond acceptors (Lipinski definition) is 4. The third kappa shape index (κ3) is 3.48. The van der Waals surface area contributed by atoms with Gasteiger partial charge in [0.25, 0.3) is 0 Å². The fourth-order valence-electron chi connectivity index (χ4n) is 3.85. The second-order valence-corrected chi connectivity index (χ2v) is 7.51. The van der Waals surface area contributed by atoms with Gasteiger partial charge in [0.2, 0.25) is 5.78 Å². The Bertz CT molecular complexity index is 930. The Morgan fingerprint density at radius 2 is 1.89 bits per heavy atom. The molecular formula is C22H26N2O4+2. The summed E-state index contributed by atoms with van der Waals surface area (Å²) in [6.07, 6.45) is 1.70. The number of aromatic hydroxyl groups is 1. The number of benzene rings is 2. The predicted octanol–water partition coefficient (Wildman–Crippen LogP) is -0.0698. The molecule has 0 unspecified atom stereocenters. The summed E-state index contributed by atoms with van der Waals surface area (Å²) in [5.41, 5.74) is 2.00. The average molecular weight is 382 g/mol. The predicted molar refractivity (Wildman–Crippen MR) is 105 cm³/mol. The number of likely N-dealkylation sites (N-methyl/N-ethyl adjacent to an activating group) is 1. The molecule has 6 heteroatoms. The summed E-state index contributed by atoms with van der Waals surface area (Å²) >= 11 is 0. The summed E-state index contributed by atoms with van der Waals surface area (Å²) < 4.78 is 11.3. The molecule has 2 heterocycles. The van der Waals surface area contributed by atoms with E-state index < -0.39 is 0 Å². The van der Waals surface area contributed by atoms with E-state index in [0.29, 0.717) is 29.2 Å². The zero-order valence-corrected chi connectivity index (χ0v) is 16.2. The quantitative estimate of drug-likeness (QED) is 0.648. The summed E-state index contributed by atoms with van der Waals surface area (Å²) in [6, 6.07) is 10.7. The van der Waals surface area contributed by atoms with E-state index in [9.17, 15) is 9.90 Å². The molecule has 6 nitrogen and oxygen atoms in total. The third-order valence-electron chi connectivity index (χ3n) is 5.58. The van der Waals surface area contributed by atoms with Crippen molar-refractivity contribution in [2.75, 3.05) is 40.3 Å². The number of quaternary nitrogens is 2. The van der Waals surface area contributed by atoms with Crippen molar-refractivity contribution >= 4 is 11.9 Å². The molecule has 0 spiro atoms. The normalized spacial score (nSPS) is 22.8. The highest BCUT2D eigenvalue weighted by molar-refractivity contribution is 6.15. The first-order chi connectivity index (χ1) is 13.6. The zero-order chi connectivity index (χ0) is 19.7. The summed E-state index contributed by atoms with van der Waals surface area (Å²) in [4.78, 5) is 15.8. The number of rotatable bonds is 4. The van der Waals surface area contributed by atoms with Crippen molar-refractivity contribution in [3.63, 3.8) is 0 Å². The smallest absolute Gasteiger partial charge is 0.231 e.